The molecular formula is C17H13ClN2O2. The van der Waals surface area contributed by atoms with Gasteiger partial charge in [-0.25, -0.2) is 0 Å². The largest absolute Gasteiger partial charge is 0.506 e. The third kappa shape index (κ3) is 3.87. The van der Waals surface area contributed by atoms with Gasteiger partial charge < -0.3 is 10.4 Å². The van der Waals surface area contributed by atoms with E-state index in [9.17, 15) is 9.90 Å². The normalized spacial score (nSPS) is 10.9. The number of rotatable bonds is 3. The first kappa shape index (κ1) is 15.6. The Hall–Kier alpha value is -2.77. The standard InChI is InChI=1S/C17H13ClN2O2/c1-11-3-2-4-14(7-11)20-17(22)13(10-19)8-12-5-6-16(21)15(18)9-12/h2-9,21H,1H3,(H,20,22)/b13-8-. The molecule has 1 amide bonds. The minimum atomic E-state index is -0.503. The summed E-state index contributed by atoms with van der Waals surface area (Å²) in [5.41, 5.74) is 2.13. The van der Waals surface area contributed by atoms with Gasteiger partial charge in [-0.05, 0) is 48.4 Å². The summed E-state index contributed by atoms with van der Waals surface area (Å²) >= 11 is 5.80. The van der Waals surface area contributed by atoms with Crippen LogP contribution in [0.15, 0.2) is 48.0 Å². The Morgan fingerprint density at radius 1 is 1.32 bits per heavy atom. The Morgan fingerprint density at radius 2 is 2.09 bits per heavy atom. The van der Waals surface area contributed by atoms with Crippen LogP contribution in [0.5, 0.6) is 5.75 Å². The number of benzene rings is 2. The monoisotopic (exact) mass is 312 g/mol. The van der Waals surface area contributed by atoms with E-state index in [4.69, 9.17) is 16.9 Å². The molecule has 0 radical (unpaired) electrons. The van der Waals surface area contributed by atoms with Crippen molar-refractivity contribution >= 4 is 29.3 Å². The van der Waals surface area contributed by atoms with E-state index < -0.39 is 5.91 Å². The van der Waals surface area contributed by atoms with Crippen LogP contribution in [-0.4, -0.2) is 11.0 Å². The molecule has 0 aliphatic rings. The van der Waals surface area contributed by atoms with E-state index in [1.54, 1.807) is 12.1 Å². The Balaban J connectivity index is 2.23. The zero-order valence-corrected chi connectivity index (χ0v) is 12.6. The van der Waals surface area contributed by atoms with Gasteiger partial charge in [0, 0.05) is 5.69 Å². The lowest BCUT2D eigenvalue weighted by atomic mass is 10.1. The fourth-order valence-corrected chi connectivity index (χ4v) is 2.04. The van der Waals surface area contributed by atoms with Crippen molar-refractivity contribution in [1.29, 1.82) is 5.26 Å². The van der Waals surface area contributed by atoms with E-state index in [1.165, 1.54) is 18.2 Å². The molecule has 0 aliphatic carbocycles. The van der Waals surface area contributed by atoms with E-state index in [0.717, 1.165) is 5.56 Å². The average Bonchev–Trinajstić information content (AvgIpc) is 2.48. The van der Waals surface area contributed by atoms with Crippen LogP contribution in [0.4, 0.5) is 5.69 Å². The summed E-state index contributed by atoms with van der Waals surface area (Å²) < 4.78 is 0. The highest BCUT2D eigenvalue weighted by Crippen LogP contribution is 2.24. The molecular weight excluding hydrogens is 300 g/mol. The fourth-order valence-electron chi connectivity index (χ4n) is 1.85. The number of phenolic OH excluding ortho intramolecular Hbond substituents is 1. The highest BCUT2D eigenvalue weighted by Gasteiger charge is 2.10. The number of amides is 1. The summed E-state index contributed by atoms with van der Waals surface area (Å²) in [5.74, 6) is -0.557. The van der Waals surface area contributed by atoms with Crippen LogP contribution in [0.25, 0.3) is 6.08 Å². The topological polar surface area (TPSA) is 73.1 Å². The molecule has 22 heavy (non-hydrogen) atoms. The van der Waals surface area contributed by atoms with Gasteiger partial charge in [-0.3, -0.25) is 4.79 Å². The summed E-state index contributed by atoms with van der Waals surface area (Å²) in [4.78, 5) is 12.1. The number of carbonyl (C=O) groups is 1. The van der Waals surface area contributed by atoms with Gasteiger partial charge >= 0.3 is 0 Å². The molecule has 0 fully saturated rings. The molecule has 2 N–H and O–H groups in total. The zero-order valence-electron chi connectivity index (χ0n) is 11.8. The molecule has 2 aromatic carbocycles. The predicted octanol–water partition coefficient (Wildman–Crippen LogP) is 3.90. The molecule has 110 valence electrons. The van der Waals surface area contributed by atoms with Crippen molar-refractivity contribution in [3.63, 3.8) is 0 Å². The third-order valence-electron chi connectivity index (χ3n) is 2.92. The maximum absolute atomic E-state index is 12.1. The van der Waals surface area contributed by atoms with Crippen LogP contribution < -0.4 is 5.32 Å². The van der Waals surface area contributed by atoms with Gasteiger partial charge in [0.25, 0.3) is 5.91 Å². The smallest absolute Gasteiger partial charge is 0.266 e. The maximum Gasteiger partial charge on any atom is 0.266 e. The molecule has 0 bridgehead atoms. The lowest BCUT2D eigenvalue weighted by Crippen LogP contribution is -2.13. The van der Waals surface area contributed by atoms with Crippen LogP contribution in [-0.2, 0) is 4.79 Å². The van der Waals surface area contributed by atoms with Crippen LogP contribution in [0.2, 0.25) is 5.02 Å². The highest BCUT2D eigenvalue weighted by atomic mass is 35.5. The molecule has 0 atom stereocenters. The first-order valence-corrected chi connectivity index (χ1v) is 6.86. The summed E-state index contributed by atoms with van der Waals surface area (Å²) in [6, 6.07) is 13.6. The van der Waals surface area contributed by atoms with Gasteiger partial charge in [-0.1, -0.05) is 29.8 Å². The number of nitrogens with zero attached hydrogens (tertiary/aromatic N) is 1. The first-order valence-electron chi connectivity index (χ1n) is 6.48. The van der Waals surface area contributed by atoms with Crippen molar-refractivity contribution in [1.82, 2.24) is 0 Å². The Labute approximate surface area is 133 Å². The van der Waals surface area contributed by atoms with Crippen LogP contribution in [0.1, 0.15) is 11.1 Å². The van der Waals surface area contributed by atoms with Crippen molar-refractivity contribution in [3.8, 4) is 11.8 Å². The summed E-state index contributed by atoms with van der Waals surface area (Å²) in [6.07, 6.45) is 1.41. The minimum Gasteiger partial charge on any atom is -0.506 e. The molecule has 0 saturated heterocycles. The van der Waals surface area contributed by atoms with Gasteiger partial charge in [0.2, 0.25) is 0 Å². The average molecular weight is 313 g/mol. The van der Waals surface area contributed by atoms with Crippen molar-refractivity contribution in [3.05, 3.63) is 64.2 Å². The number of hydrogen-bond donors (Lipinski definition) is 2. The lowest BCUT2D eigenvalue weighted by Gasteiger charge is -2.05. The molecule has 0 saturated carbocycles. The number of nitriles is 1. The second-order valence-electron chi connectivity index (χ2n) is 4.70. The van der Waals surface area contributed by atoms with E-state index >= 15 is 0 Å². The van der Waals surface area contributed by atoms with Gasteiger partial charge in [0.05, 0.1) is 5.02 Å². The van der Waals surface area contributed by atoms with E-state index in [1.807, 2.05) is 31.2 Å². The quantitative estimate of drug-likeness (QED) is 0.667. The number of anilines is 1. The van der Waals surface area contributed by atoms with Crippen LogP contribution >= 0.6 is 11.6 Å². The second kappa shape index (κ2) is 6.79. The summed E-state index contributed by atoms with van der Waals surface area (Å²) in [5, 5.41) is 21.3. The maximum atomic E-state index is 12.1. The van der Waals surface area contributed by atoms with E-state index in [-0.39, 0.29) is 16.3 Å². The SMILES string of the molecule is Cc1cccc(NC(=O)/C(C#N)=C\c2ccc(O)c(Cl)c2)c1. The molecule has 2 aromatic rings. The summed E-state index contributed by atoms with van der Waals surface area (Å²) in [6.45, 7) is 1.91. The molecule has 4 nitrogen and oxygen atoms in total. The fraction of sp³-hybridized carbons (Fsp3) is 0.0588. The Morgan fingerprint density at radius 3 is 2.73 bits per heavy atom. The number of aromatic hydroxyl groups is 1. The van der Waals surface area contributed by atoms with Gasteiger partial charge in [0.1, 0.15) is 17.4 Å². The molecule has 2 rings (SSSR count). The van der Waals surface area contributed by atoms with Crippen molar-refractivity contribution < 1.29 is 9.90 Å². The lowest BCUT2D eigenvalue weighted by molar-refractivity contribution is -0.112. The minimum absolute atomic E-state index is 0.0525. The number of phenols is 1. The number of aryl methyl sites for hydroxylation is 1. The molecule has 0 aromatic heterocycles. The van der Waals surface area contributed by atoms with Crippen LogP contribution in [0, 0.1) is 18.3 Å². The van der Waals surface area contributed by atoms with Gasteiger partial charge in [0.15, 0.2) is 0 Å². The van der Waals surface area contributed by atoms with Crippen molar-refractivity contribution in [2.75, 3.05) is 5.32 Å². The Bertz CT molecular complexity index is 791. The molecule has 0 heterocycles. The highest BCUT2D eigenvalue weighted by molar-refractivity contribution is 6.32. The van der Waals surface area contributed by atoms with Crippen molar-refractivity contribution in [2.24, 2.45) is 0 Å². The number of halogens is 1. The number of nitrogens with one attached hydrogen (secondary N) is 1. The van der Waals surface area contributed by atoms with Gasteiger partial charge in [-0.15, -0.1) is 0 Å². The van der Waals surface area contributed by atoms with E-state index in [2.05, 4.69) is 5.32 Å². The summed E-state index contributed by atoms with van der Waals surface area (Å²) in [7, 11) is 0. The number of hydrogen-bond acceptors (Lipinski definition) is 3. The predicted molar refractivity (Wildman–Crippen MR) is 86.5 cm³/mol. The Kier molecular flexibility index (Phi) is 4.82. The molecule has 0 unspecified atom stereocenters. The van der Waals surface area contributed by atoms with E-state index in [0.29, 0.717) is 11.3 Å². The van der Waals surface area contributed by atoms with Crippen molar-refractivity contribution in [2.45, 2.75) is 6.92 Å². The number of carbonyl (C=O) groups excluding carboxylic acids is 1. The second-order valence-corrected chi connectivity index (χ2v) is 5.11. The first-order chi connectivity index (χ1) is 10.5. The molecule has 0 aliphatic heterocycles. The zero-order chi connectivity index (χ0) is 16.1. The van der Waals surface area contributed by atoms with Gasteiger partial charge in [-0.2, -0.15) is 5.26 Å². The van der Waals surface area contributed by atoms with Crippen LogP contribution in [0.3, 0.4) is 0 Å². The third-order valence-corrected chi connectivity index (χ3v) is 3.23. The molecule has 0 spiro atoms. The molecule has 5 heteroatoms.